The van der Waals surface area contributed by atoms with Gasteiger partial charge in [0.15, 0.2) is 5.41 Å². The molecule has 0 aromatic heterocycles. The number of carbonyl (C=O) groups is 3. The summed E-state index contributed by atoms with van der Waals surface area (Å²) >= 11 is 0. The van der Waals surface area contributed by atoms with E-state index in [1.165, 1.54) is 13.0 Å². The molecule has 1 atom stereocenters. The second-order valence-electron chi connectivity index (χ2n) is 5.93. The molecule has 0 saturated heterocycles. The van der Waals surface area contributed by atoms with Crippen molar-refractivity contribution in [1.29, 1.82) is 0 Å². The molecule has 1 unspecified atom stereocenters. The van der Waals surface area contributed by atoms with Crippen LogP contribution in [0.1, 0.15) is 32.8 Å². The summed E-state index contributed by atoms with van der Waals surface area (Å²) in [5.41, 5.74) is -0.919. The molecule has 0 saturated carbocycles. The fourth-order valence-corrected chi connectivity index (χ4v) is 2.44. The van der Waals surface area contributed by atoms with Crippen molar-refractivity contribution in [3.05, 3.63) is 48.6 Å². The normalized spacial score (nSPS) is 11.8. The zero-order chi connectivity index (χ0) is 20.3. The van der Waals surface area contributed by atoms with Crippen LogP contribution in [0.25, 0.3) is 0 Å². The molecular formula is C20H27NO6. The number of esters is 2. The van der Waals surface area contributed by atoms with Crippen LogP contribution < -0.4 is 5.32 Å². The summed E-state index contributed by atoms with van der Waals surface area (Å²) < 4.78 is 15.3. The van der Waals surface area contributed by atoms with Crippen molar-refractivity contribution in [2.75, 3.05) is 13.2 Å². The number of hydrogen-bond acceptors (Lipinski definition) is 6. The van der Waals surface area contributed by atoms with Gasteiger partial charge in [0, 0.05) is 0 Å². The van der Waals surface area contributed by atoms with E-state index in [-0.39, 0.29) is 26.2 Å². The molecule has 1 aromatic rings. The summed E-state index contributed by atoms with van der Waals surface area (Å²) in [7, 11) is 0. The lowest BCUT2D eigenvalue weighted by Crippen LogP contribution is -2.55. The molecular weight excluding hydrogens is 350 g/mol. The number of nitrogens with one attached hydrogen (secondary N) is 1. The minimum absolute atomic E-state index is 0.0585. The van der Waals surface area contributed by atoms with Gasteiger partial charge in [-0.15, -0.1) is 6.58 Å². The van der Waals surface area contributed by atoms with Gasteiger partial charge >= 0.3 is 18.0 Å². The molecule has 0 aliphatic carbocycles. The quantitative estimate of drug-likeness (QED) is 0.292. The highest BCUT2D eigenvalue weighted by molar-refractivity contribution is 6.01. The van der Waals surface area contributed by atoms with Crippen molar-refractivity contribution in [2.24, 2.45) is 5.41 Å². The first-order chi connectivity index (χ1) is 12.9. The molecule has 0 spiro atoms. The Labute approximate surface area is 159 Å². The molecule has 1 N–H and O–H groups in total. The summed E-state index contributed by atoms with van der Waals surface area (Å²) in [6, 6.07) is 8.21. The van der Waals surface area contributed by atoms with E-state index < -0.39 is 29.5 Å². The average Bonchev–Trinajstić information content (AvgIpc) is 2.66. The van der Waals surface area contributed by atoms with Gasteiger partial charge in [-0.05, 0) is 32.8 Å². The van der Waals surface area contributed by atoms with Crippen LogP contribution in [0.15, 0.2) is 43.0 Å². The number of carbonyl (C=O) groups excluding carboxylic acids is 3. The Balaban J connectivity index is 2.95. The van der Waals surface area contributed by atoms with Crippen LogP contribution in [-0.2, 0) is 30.4 Å². The van der Waals surface area contributed by atoms with Crippen LogP contribution in [0.2, 0.25) is 0 Å². The van der Waals surface area contributed by atoms with Gasteiger partial charge in [-0.1, -0.05) is 36.4 Å². The third kappa shape index (κ3) is 6.13. The number of benzene rings is 1. The van der Waals surface area contributed by atoms with Gasteiger partial charge in [0.1, 0.15) is 6.61 Å². The average molecular weight is 377 g/mol. The second-order valence-corrected chi connectivity index (χ2v) is 5.93. The lowest BCUT2D eigenvalue weighted by atomic mass is 9.80. The fraction of sp³-hybridized carbons (Fsp3) is 0.450. The van der Waals surface area contributed by atoms with E-state index in [0.717, 1.165) is 5.56 Å². The summed E-state index contributed by atoms with van der Waals surface area (Å²) in [6.07, 6.45) is 0.887. The molecule has 1 aromatic carbocycles. The van der Waals surface area contributed by atoms with Gasteiger partial charge in [-0.25, -0.2) is 4.79 Å². The smallest absolute Gasteiger partial charge is 0.407 e. The topological polar surface area (TPSA) is 90.9 Å². The molecule has 0 radical (unpaired) electrons. The van der Waals surface area contributed by atoms with Gasteiger partial charge < -0.3 is 19.5 Å². The number of ether oxygens (including phenoxy) is 3. The summed E-state index contributed by atoms with van der Waals surface area (Å²) in [6.45, 7) is 8.52. The van der Waals surface area contributed by atoms with Crippen LogP contribution >= 0.6 is 0 Å². The maximum absolute atomic E-state index is 12.5. The highest BCUT2D eigenvalue weighted by atomic mass is 16.6. The van der Waals surface area contributed by atoms with E-state index >= 15 is 0 Å². The van der Waals surface area contributed by atoms with E-state index in [2.05, 4.69) is 11.9 Å². The summed E-state index contributed by atoms with van der Waals surface area (Å²) in [4.78, 5) is 37.3. The third-order valence-electron chi connectivity index (χ3n) is 4.00. The summed E-state index contributed by atoms with van der Waals surface area (Å²) in [5.74, 6) is -1.56. The molecule has 27 heavy (non-hydrogen) atoms. The van der Waals surface area contributed by atoms with Crippen molar-refractivity contribution in [2.45, 2.75) is 39.8 Å². The van der Waals surface area contributed by atoms with E-state index in [1.807, 2.05) is 30.3 Å². The maximum atomic E-state index is 12.5. The van der Waals surface area contributed by atoms with Crippen LogP contribution in [0.5, 0.6) is 0 Å². The zero-order valence-electron chi connectivity index (χ0n) is 16.0. The predicted octanol–water partition coefficient (Wildman–Crippen LogP) is 2.99. The Morgan fingerprint density at radius 1 is 1.07 bits per heavy atom. The highest BCUT2D eigenvalue weighted by Gasteiger charge is 2.51. The third-order valence-corrected chi connectivity index (χ3v) is 4.00. The molecule has 0 bridgehead atoms. The van der Waals surface area contributed by atoms with Crippen LogP contribution in [0, 0.1) is 5.41 Å². The van der Waals surface area contributed by atoms with E-state index in [0.29, 0.717) is 0 Å². The van der Waals surface area contributed by atoms with Crippen molar-refractivity contribution in [1.82, 2.24) is 5.32 Å². The lowest BCUT2D eigenvalue weighted by molar-refractivity contribution is -0.172. The van der Waals surface area contributed by atoms with Gasteiger partial charge in [0.25, 0.3) is 0 Å². The monoisotopic (exact) mass is 377 g/mol. The highest BCUT2D eigenvalue weighted by Crippen LogP contribution is 2.28. The molecule has 7 heteroatoms. The Morgan fingerprint density at radius 2 is 1.63 bits per heavy atom. The second kappa shape index (κ2) is 11.0. The van der Waals surface area contributed by atoms with Crippen molar-refractivity contribution >= 4 is 18.0 Å². The Kier molecular flexibility index (Phi) is 9.05. The number of rotatable bonds is 10. The van der Waals surface area contributed by atoms with Crippen molar-refractivity contribution in [3.63, 3.8) is 0 Å². The van der Waals surface area contributed by atoms with Crippen LogP contribution in [0.3, 0.4) is 0 Å². The number of hydrogen-bond donors (Lipinski definition) is 1. The first kappa shape index (κ1) is 22.2. The first-order valence-corrected chi connectivity index (χ1v) is 8.82. The van der Waals surface area contributed by atoms with Crippen molar-refractivity contribution < 1.29 is 28.6 Å². The molecule has 0 heterocycles. The molecule has 0 aliphatic heterocycles. The van der Waals surface area contributed by atoms with Crippen LogP contribution in [-0.4, -0.2) is 37.3 Å². The summed E-state index contributed by atoms with van der Waals surface area (Å²) in [5, 5.41) is 2.57. The van der Waals surface area contributed by atoms with Gasteiger partial charge in [-0.3, -0.25) is 9.59 Å². The Morgan fingerprint density at radius 3 is 2.11 bits per heavy atom. The number of amides is 1. The predicted molar refractivity (Wildman–Crippen MR) is 99.7 cm³/mol. The maximum Gasteiger partial charge on any atom is 0.407 e. The van der Waals surface area contributed by atoms with E-state index in [4.69, 9.17) is 14.2 Å². The zero-order valence-corrected chi connectivity index (χ0v) is 16.0. The number of alkyl carbamates (subject to hydrolysis) is 1. The Hall–Kier alpha value is -2.83. The first-order valence-electron chi connectivity index (χ1n) is 8.82. The van der Waals surface area contributed by atoms with Gasteiger partial charge in [-0.2, -0.15) is 0 Å². The fourth-order valence-electron chi connectivity index (χ4n) is 2.44. The van der Waals surface area contributed by atoms with Gasteiger partial charge in [0.05, 0.1) is 19.3 Å². The minimum Gasteiger partial charge on any atom is -0.465 e. The van der Waals surface area contributed by atoms with E-state index in [9.17, 15) is 14.4 Å². The molecule has 7 nitrogen and oxygen atoms in total. The van der Waals surface area contributed by atoms with Crippen LogP contribution in [0.4, 0.5) is 4.79 Å². The molecule has 1 rings (SSSR count). The SMILES string of the molecule is C=CCC(NC(=O)OCc1ccccc1)C(C)(C(=O)OCC)C(=O)OCC. The largest absolute Gasteiger partial charge is 0.465 e. The molecule has 0 fully saturated rings. The molecule has 1 amide bonds. The Bertz CT molecular complexity index is 625. The van der Waals surface area contributed by atoms with Gasteiger partial charge in [0.2, 0.25) is 0 Å². The molecule has 148 valence electrons. The van der Waals surface area contributed by atoms with Crippen molar-refractivity contribution in [3.8, 4) is 0 Å². The minimum atomic E-state index is -1.73. The van der Waals surface area contributed by atoms with E-state index in [1.54, 1.807) is 13.8 Å². The standard InChI is InChI=1S/C20H27NO6/c1-5-11-16(20(4,17(22)25-6-2)18(23)26-7-3)21-19(24)27-14-15-12-9-8-10-13-15/h5,8-10,12-13,16H,1,6-7,11,14H2,2-4H3,(H,21,24). The molecule has 0 aliphatic rings. The lowest BCUT2D eigenvalue weighted by Gasteiger charge is -2.32.